The molecule has 0 aromatic carbocycles. The Hall–Kier alpha value is -1.62. The molecule has 78 valence electrons. The molecule has 2 aromatic heterocycles. The van der Waals surface area contributed by atoms with Crippen LogP contribution < -0.4 is 10.6 Å². The highest BCUT2D eigenvalue weighted by molar-refractivity contribution is 7.07. The van der Waals surface area contributed by atoms with Gasteiger partial charge in [-0.15, -0.1) is 11.3 Å². The molecule has 0 radical (unpaired) electrons. The minimum Gasteiger partial charge on any atom is -0.384 e. The molecule has 0 unspecified atom stereocenters. The van der Waals surface area contributed by atoms with Crippen molar-refractivity contribution in [3.05, 3.63) is 34.8 Å². The van der Waals surface area contributed by atoms with Crippen LogP contribution in [0.5, 0.6) is 0 Å². The average Bonchev–Trinajstić information content (AvgIpc) is 2.70. The van der Waals surface area contributed by atoms with Crippen molar-refractivity contribution in [3.8, 4) is 0 Å². The third-order valence-electron chi connectivity index (χ3n) is 2.03. The first kappa shape index (κ1) is 9.92. The predicted molar refractivity (Wildman–Crippen MR) is 62.9 cm³/mol. The Morgan fingerprint density at radius 3 is 3.00 bits per heavy atom. The summed E-state index contributed by atoms with van der Waals surface area (Å²) in [6.45, 7) is 0.750. The Kier molecular flexibility index (Phi) is 2.82. The molecule has 0 aliphatic heterocycles. The van der Waals surface area contributed by atoms with Crippen LogP contribution in [0.15, 0.2) is 29.1 Å². The summed E-state index contributed by atoms with van der Waals surface area (Å²) in [5, 5.41) is 2.03. The van der Waals surface area contributed by atoms with Crippen molar-refractivity contribution >= 4 is 23.0 Å². The van der Waals surface area contributed by atoms with E-state index in [1.165, 1.54) is 0 Å². The van der Waals surface area contributed by atoms with Gasteiger partial charge in [-0.05, 0) is 12.1 Å². The van der Waals surface area contributed by atoms with E-state index in [4.69, 9.17) is 5.73 Å². The van der Waals surface area contributed by atoms with Gasteiger partial charge in [0.05, 0.1) is 17.7 Å². The standard InChI is InChI=1S/C10H12N4S/c1-14(5-8-6-15-7-12-8)10-4-2-3-9(11)13-10/h2-4,6-7H,5H2,1H3,(H2,11,13). The van der Waals surface area contributed by atoms with Gasteiger partial charge < -0.3 is 10.6 Å². The summed E-state index contributed by atoms with van der Waals surface area (Å²) in [6.07, 6.45) is 0. The summed E-state index contributed by atoms with van der Waals surface area (Å²) < 4.78 is 0. The van der Waals surface area contributed by atoms with E-state index in [0.29, 0.717) is 5.82 Å². The molecule has 0 amide bonds. The zero-order valence-corrected chi connectivity index (χ0v) is 9.24. The number of nitrogen functional groups attached to an aromatic ring is 1. The molecule has 2 heterocycles. The van der Waals surface area contributed by atoms with Gasteiger partial charge in [-0.1, -0.05) is 6.07 Å². The van der Waals surface area contributed by atoms with Crippen LogP contribution in [-0.4, -0.2) is 17.0 Å². The second-order valence-electron chi connectivity index (χ2n) is 3.26. The van der Waals surface area contributed by atoms with E-state index in [0.717, 1.165) is 18.1 Å². The van der Waals surface area contributed by atoms with E-state index in [1.807, 2.05) is 35.0 Å². The summed E-state index contributed by atoms with van der Waals surface area (Å²) in [5.41, 5.74) is 8.50. The number of hydrogen-bond acceptors (Lipinski definition) is 5. The normalized spacial score (nSPS) is 10.2. The molecule has 5 heteroatoms. The fraction of sp³-hybridized carbons (Fsp3) is 0.200. The summed E-state index contributed by atoms with van der Waals surface area (Å²) >= 11 is 1.60. The summed E-state index contributed by atoms with van der Waals surface area (Å²) in [5.74, 6) is 1.40. The zero-order valence-electron chi connectivity index (χ0n) is 8.42. The first-order valence-corrected chi connectivity index (χ1v) is 5.51. The van der Waals surface area contributed by atoms with Gasteiger partial charge in [0.25, 0.3) is 0 Å². The minimum absolute atomic E-state index is 0.539. The van der Waals surface area contributed by atoms with Crippen molar-refractivity contribution in [2.75, 3.05) is 17.7 Å². The van der Waals surface area contributed by atoms with Gasteiger partial charge >= 0.3 is 0 Å². The number of hydrogen-bond donors (Lipinski definition) is 1. The zero-order chi connectivity index (χ0) is 10.7. The topological polar surface area (TPSA) is 55.0 Å². The smallest absolute Gasteiger partial charge is 0.131 e. The Morgan fingerprint density at radius 1 is 1.47 bits per heavy atom. The minimum atomic E-state index is 0.539. The van der Waals surface area contributed by atoms with E-state index in [1.54, 1.807) is 17.4 Å². The lowest BCUT2D eigenvalue weighted by Gasteiger charge is -2.16. The highest BCUT2D eigenvalue weighted by Crippen LogP contribution is 2.13. The monoisotopic (exact) mass is 220 g/mol. The van der Waals surface area contributed by atoms with Crippen LogP contribution >= 0.6 is 11.3 Å². The van der Waals surface area contributed by atoms with Gasteiger partial charge in [-0.25, -0.2) is 9.97 Å². The van der Waals surface area contributed by atoms with Gasteiger partial charge in [0.15, 0.2) is 0 Å². The highest BCUT2D eigenvalue weighted by atomic mass is 32.1. The summed E-state index contributed by atoms with van der Waals surface area (Å²) in [7, 11) is 1.97. The molecule has 0 saturated carbocycles. The van der Waals surface area contributed by atoms with Crippen LogP contribution in [0.3, 0.4) is 0 Å². The molecule has 4 nitrogen and oxygen atoms in total. The Labute approximate surface area is 92.4 Å². The van der Waals surface area contributed by atoms with Crippen LogP contribution in [-0.2, 0) is 6.54 Å². The highest BCUT2D eigenvalue weighted by Gasteiger charge is 2.04. The molecule has 0 fully saturated rings. The van der Waals surface area contributed by atoms with Gasteiger partial charge in [-0.3, -0.25) is 0 Å². The third kappa shape index (κ3) is 2.44. The average molecular weight is 220 g/mol. The lowest BCUT2D eigenvalue weighted by Crippen LogP contribution is -2.18. The number of rotatable bonds is 3. The molecular weight excluding hydrogens is 208 g/mol. The number of thiazole rings is 1. The largest absolute Gasteiger partial charge is 0.384 e. The van der Waals surface area contributed by atoms with Crippen molar-refractivity contribution in [1.29, 1.82) is 0 Å². The molecule has 15 heavy (non-hydrogen) atoms. The lowest BCUT2D eigenvalue weighted by molar-refractivity contribution is 0.875. The van der Waals surface area contributed by atoms with Crippen LogP contribution in [0, 0.1) is 0 Å². The van der Waals surface area contributed by atoms with Crippen LogP contribution in [0.25, 0.3) is 0 Å². The van der Waals surface area contributed by atoms with Gasteiger partial charge in [0, 0.05) is 12.4 Å². The van der Waals surface area contributed by atoms with Crippen LogP contribution in [0.2, 0.25) is 0 Å². The number of anilines is 2. The molecule has 0 aliphatic carbocycles. The Balaban J connectivity index is 2.11. The number of nitrogens with two attached hydrogens (primary N) is 1. The summed E-state index contributed by atoms with van der Waals surface area (Å²) in [6, 6.07) is 5.61. The SMILES string of the molecule is CN(Cc1cscn1)c1cccc(N)n1. The lowest BCUT2D eigenvalue weighted by atomic mass is 10.4. The molecular formula is C10H12N4S. The summed E-state index contributed by atoms with van der Waals surface area (Å²) in [4.78, 5) is 10.5. The van der Waals surface area contributed by atoms with E-state index in [2.05, 4.69) is 9.97 Å². The third-order valence-corrected chi connectivity index (χ3v) is 2.66. The fourth-order valence-corrected chi connectivity index (χ4v) is 1.84. The molecule has 0 aliphatic rings. The van der Waals surface area contributed by atoms with Gasteiger partial charge in [0.1, 0.15) is 11.6 Å². The molecule has 0 bridgehead atoms. The molecule has 2 aromatic rings. The maximum atomic E-state index is 5.62. The van der Waals surface area contributed by atoms with Crippen molar-refractivity contribution in [1.82, 2.24) is 9.97 Å². The van der Waals surface area contributed by atoms with E-state index in [-0.39, 0.29) is 0 Å². The maximum absolute atomic E-state index is 5.62. The predicted octanol–water partition coefficient (Wildman–Crippen LogP) is 1.76. The number of nitrogens with zero attached hydrogens (tertiary/aromatic N) is 3. The molecule has 2 rings (SSSR count). The van der Waals surface area contributed by atoms with Crippen molar-refractivity contribution in [2.45, 2.75) is 6.54 Å². The second-order valence-corrected chi connectivity index (χ2v) is 3.98. The Morgan fingerprint density at radius 2 is 2.33 bits per heavy atom. The molecule has 0 spiro atoms. The molecule has 0 saturated heterocycles. The Bertz CT molecular complexity index is 427. The van der Waals surface area contributed by atoms with Crippen molar-refractivity contribution in [2.24, 2.45) is 0 Å². The van der Waals surface area contributed by atoms with Gasteiger partial charge in [0.2, 0.25) is 0 Å². The van der Waals surface area contributed by atoms with Crippen LogP contribution in [0.1, 0.15) is 5.69 Å². The van der Waals surface area contributed by atoms with Crippen molar-refractivity contribution < 1.29 is 0 Å². The van der Waals surface area contributed by atoms with E-state index < -0.39 is 0 Å². The molecule has 2 N–H and O–H groups in total. The van der Waals surface area contributed by atoms with E-state index in [9.17, 15) is 0 Å². The molecule has 0 atom stereocenters. The fourth-order valence-electron chi connectivity index (χ4n) is 1.29. The number of aromatic nitrogens is 2. The first-order chi connectivity index (χ1) is 7.25. The van der Waals surface area contributed by atoms with Crippen molar-refractivity contribution in [3.63, 3.8) is 0 Å². The first-order valence-electron chi connectivity index (χ1n) is 4.56. The number of pyridine rings is 1. The second kappa shape index (κ2) is 4.27. The maximum Gasteiger partial charge on any atom is 0.131 e. The quantitative estimate of drug-likeness (QED) is 0.856. The van der Waals surface area contributed by atoms with Crippen LogP contribution in [0.4, 0.5) is 11.6 Å². The van der Waals surface area contributed by atoms with E-state index >= 15 is 0 Å². The van der Waals surface area contributed by atoms with Gasteiger partial charge in [-0.2, -0.15) is 0 Å².